The van der Waals surface area contributed by atoms with E-state index in [2.05, 4.69) is 15.2 Å². The zero-order valence-electron chi connectivity index (χ0n) is 23.4. The molecule has 2 fully saturated rings. The number of hydrogen-bond donors (Lipinski definition) is 0. The van der Waals surface area contributed by atoms with Crippen molar-refractivity contribution < 1.29 is 17.6 Å². The Balaban J connectivity index is 1.28. The van der Waals surface area contributed by atoms with E-state index in [0.29, 0.717) is 37.3 Å². The standard InChI is InChI=1S/C31H31FN6O3S/c1-36-19-27(18-34-36)42(40,41)37(2)26-9-6-23-13-29-22(17-35-38(29)25-10-7-24(32)8-11-25)14-31(23,15-26)30(39)28-12-5-21(16-33-28)20-3-4-20/h5,7-8,10-13,16-20,26H,3-4,6,9,14-15H2,1-2H3/t26-,31-/m0/s1. The second-order valence-corrected chi connectivity index (χ2v) is 13.7. The van der Waals surface area contributed by atoms with Crippen LogP contribution in [0.1, 0.15) is 65.3 Å². The van der Waals surface area contributed by atoms with Gasteiger partial charge < -0.3 is 0 Å². The predicted octanol–water partition coefficient (Wildman–Crippen LogP) is 4.70. The Morgan fingerprint density at radius 3 is 2.50 bits per heavy atom. The first-order valence-corrected chi connectivity index (χ1v) is 15.6. The molecule has 0 spiro atoms. The largest absolute Gasteiger partial charge is 0.291 e. The summed E-state index contributed by atoms with van der Waals surface area (Å²) in [5.74, 6) is 0.0926. The smallest absolute Gasteiger partial charge is 0.246 e. The summed E-state index contributed by atoms with van der Waals surface area (Å²) < 4.78 is 45.4. The van der Waals surface area contributed by atoms with Crippen LogP contribution in [0.5, 0.6) is 0 Å². The Morgan fingerprint density at radius 1 is 1.05 bits per heavy atom. The number of ketones is 1. The lowest BCUT2D eigenvalue weighted by Crippen LogP contribution is -2.49. The third kappa shape index (κ3) is 4.42. The Bertz CT molecular complexity index is 1820. The first kappa shape index (κ1) is 26.9. The Kier molecular flexibility index (Phi) is 6.28. The fourth-order valence-electron chi connectivity index (χ4n) is 6.52. The molecule has 2 atom stereocenters. The molecular formula is C31H31FN6O3S. The average molecular weight is 587 g/mol. The van der Waals surface area contributed by atoms with Gasteiger partial charge in [-0.25, -0.2) is 17.5 Å². The van der Waals surface area contributed by atoms with E-state index in [4.69, 9.17) is 0 Å². The minimum absolute atomic E-state index is 0.104. The summed E-state index contributed by atoms with van der Waals surface area (Å²) in [6.45, 7) is 0. The molecule has 216 valence electrons. The number of allylic oxidation sites excluding steroid dienone is 1. The van der Waals surface area contributed by atoms with Crippen LogP contribution in [0.3, 0.4) is 0 Å². The fraction of sp³-hybridized carbons (Fsp3) is 0.355. The molecule has 7 rings (SSSR count). The van der Waals surface area contributed by atoms with Gasteiger partial charge in [0.05, 0.1) is 29.2 Å². The number of aromatic nitrogens is 5. The van der Waals surface area contributed by atoms with Gasteiger partial charge in [0.25, 0.3) is 0 Å². The number of halogens is 1. The second-order valence-electron chi connectivity index (χ2n) is 11.7. The summed E-state index contributed by atoms with van der Waals surface area (Å²) in [7, 11) is -0.556. The van der Waals surface area contributed by atoms with E-state index in [-0.39, 0.29) is 16.5 Å². The number of benzene rings is 1. The van der Waals surface area contributed by atoms with Gasteiger partial charge in [0.15, 0.2) is 5.78 Å². The van der Waals surface area contributed by atoms with E-state index < -0.39 is 21.5 Å². The van der Waals surface area contributed by atoms with E-state index in [1.807, 2.05) is 24.4 Å². The number of carbonyl (C=O) groups is 1. The molecule has 3 aliphatic carbocycles. The Labute approximate surface area is 243 Å². The van der Waals surface area contributed by atoms with Gasteiger partial charge >= 0.3 is 0 Å². The molecule has 0 saturated heterocycles. The minimum Gasteiger partial charge on any atom is -0.291 e. The first-order valence-electron chi connectivity index (χ1n) is 14.2. The molecule has 11 heteroatoms. The monoisotopic (exact) mass is 586 g/mol. The number of hydrogen-bond acceptors (Lipinski definition) is 6. The number of Topliss-reactive ketones (excluding diaryl/α,β-unsaturated/α-hetero) is 1. The van der Waals surface area contributed by atoms with Gasteiger partial charge in [0.2, 0.25) is 10.0 Å². The Hall–Kier alpha value is -3.96. The van der Waals surface area contributed by atoms with Crippen LogP contribution in [0.4, 0.5) is 4.39 Å². The van der Waals surface area contributed by atoms with Gasteiger partial charge in [-0.15, -0.1) is 0 Å². The van der Waals surface area contributed by atoms with Crippen molar-refractivity contribution in [3.8, 4) is 5.69 Å². The van der Waals surface area contributed by atoms with Crippen molar-refractivity contribution in [2.24, 2.45) is 12.5 Å². The molecule has 0 aliphatic heterocycles. The highest BCUT2D eigenvalue weighted by Gasteiger charge is 2.51. The molecule has 1 aromatic carbocycles. The van der Waals surface area contributed by atoms with Crippen molar-refractivity contribution in [3.63, 3.8) is 0 Å². The van der Waals surface area contributed by atoms with Gasteiger partial charge in [0.1, 0.15) is 16.4 Å². The number of rotatable bonds is 7. The lowest BCUT2D eigenvalue weighted by Gasteiger charge is -2.45. The minimum atomic E-state index is -3.82. The maximum absolute atomic E-state index is 14.5. The summed E-state index contributed by atoms with van der Waals surface area (Å²) in [6.07, 6.45) is 12.5. The normalized spacial score (nSPS) is 22.0. The van der Waals surface area contributed by atoms with E-state index >= 15 is 0 Å². The lowest BCUT2D eigenvalue weighted by atomic mass is 9.60. The highest BCUT2D eigenvalue weighted by Crippen LogP contribution is 2.51. The number of carbonyl (C=O) groups excluding carboxylic acids is 1. The SMILES string of the molecule is CN([C@H]1CCC2=Cc3c(cnn3-c3ccc(F)cc3)C[C@]2(C(=O)c2ccc(C3CC3)cn2)C1)S(=O)(=O)c1cnn(C)c1. The van der Waals surface area contributed by atoms with E-state index in [0.717, 1.165) is 40.9 Å². The van der Waals surface area contributed by atoms with Crippen LogP contribution in [-0.2, 0) is 23.5 Å². The lowest BCUT2D eigenvalue weighted by molar-refractivity contribution is 0.0747. The summed E-state index contributed by atoms with van der Waals surface area (Å²) in [5.41, 5.74) is 3.96. The molecule has 0 bridgehead atoms. The van der Waals surface area contributed by atoms with Crippen LogP contribution in [0.2, 0.25) is 0 Å². The number of sulfonamides is 1. The molecule has 3 aliphatic rings. The van der Waals surface area contributed by atoms with Crippen molar-refractivity contribution in [1.82, 2.24) is 28.9 Å². The van der Waals surface area contributed by atoms with Crippen LogP contribution in [0.25, 0.3) is 11.8 Å². The van der Waals surface area contributed by atoms with E-state index in [9.17, 15) is 17.6 Å². The molecule has 0 N–H and O–H groups in total. The van der Waals surface area contributed by atoms with Gasteiger partial charge in [-0.1, -0.05) is 11.6 Å². The van der Waals surface area contributed by atoms with Crippen molar-refractivity contribution in [3.05, 3.63) is 95.1 Å². The van der Waals surface area contributed by atoms with Gasteiger partial charge in [0, 0.05) is 32.5 Å². The zero-order chi connectivity index (χ0) is 29.2. The van der Waals surface area contributed by atoms with Crippen molar-refractivity contribution >= 4 is 21.9 Å². The van der Waals surface area contributed by atoms with Crippen LogP contribution in [0, 0.1) is 11.2 Å². The first-order chi connectivity index (χ1) is 20.2. The zero-order valence-corrected chi connectivity index (χ0v) is 24.3. The maximum atomic E-state index is 14.5. The summed E-state index contributed by atoms with van der Waals surface area (Å²) in [5, 5.41) is 8.65. The predicted molar refractivity (Wildman–Crippen MR) is 154 cm³/mol. The highest BCUT2D eigenvalue weighted by atomic mass is 32.2. The van der Waals surface area contributed by atoms with Crippen LogP contribution < -0.4 is 0 Å². The fourth-order valence-corrected chi connectivity index (χ4v) is 7.89. The third-order valence-corrected chi connectivity index (χ3v) is 10.9. The highest BCUT2D eigenvalue weighted by molar-refractivity contribution is 7.89. The van der Waals surface area contributed by atoms with Crippen molar-refractivity contribution in [2.75, 3.05) is 7.05 Å². The molecule has 0 unspecified atom stereocenters. The number of pyridine rings is 1. The third-order valence-electron chi connectivity index (χ3n) is 9.08. The van der Waals surface area contributed by atoms with Crippen molar-refractivity contribution in [2.45, 2.75) is 55.4 Å². The maximum Gasteiger partial charge on any atom is 0.246 e. The molecule has 0 amide bonds. The van der Waals surface area contributed by atoms with Gasteiger partial charge in [-0.2, -0.15) is 14.5 Å². The summed E-state index contributed by atoms with van der Waals surface area (Å²) in [4.78, 5) is 19.2. The van der Waals surface area contributed by atoms with E-state index in [1.165, 1.54) is 33.5 Å². The number of fused-ring (bicyclic) bond motifs is 2. The number of aryl methyl sites for hydroxylation is 1. The molecule has 9 nitrogen and oxygen atoms in total. The topological polar surface area (TPSA) is 103 Å². The second kappa shape index (κ2) is 9.81. The molecule has 42 heavy (non-hydrogen) atoms. The molecular weight excluding hydrogens is 555 g/mol. The molecule has 4 aromatic rings. The van der Waals surface area contributed by atoms with Crippen molar-refractivity contribution in [1.29, 1.82) is 0 Å². The molecule has 3 heterocycles. The molecule has 2 saturated carbocycles. The molecule has 0 radical (unpaired) electrons. The van der Waals surface area contributed by atoms with Crippen LogP contribution >= 0.6 is 0 Å². The summed E-state index contributed by atoms with van der Waals surface area (Å²) in [6, 6.07) is 9.55. The van der Waals surface area contributed by atoms with Crippen LogP contribution in [-0.4, -0.2) is 56.1 Å². The Morgan fingerprint density at radius 2 is 1.83 bits per heavy atom. The summed E-state index contributed by atoms with van der Waals surface area (Å²) >= 11 is 0. The van der Waals surface area contributed by atoms with E-state index in [1.54, 1.807) is 37.1 Å². The average Bonchev–Trinajstić information content (AvgIpc) is 3.63. The van der Waals surface area contributed by atoms with Gasteiger partial charge in [-0.3, -0.25) is 14.5 Å². The van der Waals surface area contributed by atoms with Gasteiger partial charge in [-0.05, 0) is 92.0 Å². The number of nitrogens with zero attached hydrogens (tertiary/aromatic N) is 6. The molecule has 3 aromatic heterocycles. The van der Waals surface area contributed by atoms with Crippen LogP contribution in [0.15, 0.2) is 71.7 Å². The quantitative estimate of drug-likeness (QED) is 0.291.